The Balaban J connectivity index is 1.81. The van der Waals surface area contributed by atoms with Crippen LogP contribution in [0, 0.1) is 5.92 Å². The maximum Gasteiger partial charge on any atom is 0.227 e. The van der Waals surface area contributed by atoms with Crippen molar-refractivity contribution in [2.24, 2.45) is 5.92 Å². The highest BCUT2D eigenvalue weighted by molar-refractivity contribution is 9.09. The van der Waals surface area contributed by atoms with E-state index in [9.17, 15) is 9.90 Å². The lowest BCUT2D eigenvalue weighted by molar-refractivity contribution is -0.138. The Hall–Kier alpha value is -1.07. The second-order valence-corrected chi connectivity index (χ2v) is 6.06. The van der Waals surface area contributed by atoms with Crippen LogP contribution >= 0.6 is 15.9 Å². The van der Waals surface area contributed by atoms with E-state index < -0.39 is 12.1 Å². The van der Waals surface area contributed by atoms with Gasteiger partial charge in [0.2, 0.25) is 5.91 Å². The number of benzene rings is 1. The Morgan fingerprint density at radius 1 is 1.53 bits per heavy atom. The summed E-state index contributed by atoms with van der Waals surface area (Å²) in [5.74, 6) is 0.490. The van der Waals surface area contributed by atoms with Crippen molar-refractivity contribution in [1.29, 1.82) is 0 Å². The third kappa shape index (κ3) is 2.05. The van der Waals surface area contributed by atoms with E-state index in [-0.39, 0.29) is 23.1 Å². The van der Waals surface area contributed by atoms with Gasteiger partial charge in [0.05, 0.1) is 26.5 Å². The number of halogens is 1. The number of nitrogens with zero attached hydrogens (tertiary/aromatic N) is 1. The summed E-state index contributed by atoms with van der Waals surface area (Å²) in [6.45, 7) is 0.410. The molecule has 2 aliphatic rings. The first-order chi connectivity index (χ1) is 9.44. The number of piperidine rings is 1. The number of hydrogen-bond donors (Lipinski definition) is 1. The van der Waals surface area contributed by atoms with Crippen LogP contribution in [0.4, 0.5) is 0 Å². The maximum absolute atomic E-state index is 12.3. The molecule has 2 fully saturated rings. The minimum absolute atomic E-state index is 0.0182. The minimum Gasteiger partial charge on any atom is -0.497 e. The van der Waals surface area contributed by atoms with Crippen molar-refractivity contribution in [3.63, 3.8) is 0 Å². The fourth-order valence-electron chi connectivity index (χ4n) is 2.89. The van der Waals surface area contributed by atoms with Crippen LogP contribution in [0.2, 0.25) is 0 Å². The predicted octanol–water partition coefficient (Wildman–Crippen LogP) is 1.55. The second-order valence-electron chi connectivity index (χ2n) is 5.01. The van der Waals surface area contributed by atoms with Crippen molar-refractivity contribution in [2.45, 2.75) is 29.9 Å². The topological polar surface area (TPSA) is 49.8 Å². The van der Waals surface area contributed by atoms with Gasteiger partial charge < -0.3 is 14.7 Å². The number of hydrogen-bond acceptors (Lipinski definition) is 3. The van der Waals surface area contributed by atoms with Crippen LogP contribution in [-0.4, -0.2) is 40.0 Å². The number of amides is 1. The van der Waals surface area contributed by atoms with Gasteiger partial charge in [-0.25, -0.2) is 0 Å². The van der Waals surface area contributed by atoms with Crippen LogP contribution in [0.25, 0.3) is 0 Å². The molecule has 5 heteroatoms. The van der Waals surface area contributed by atoms with E-state index in [2.05, 4.69) is 15.9 Å². The number of rotatable bonds is 3. The first-order valence-electron chi connectivity index (χ1n) is 6.74. The number of methoxy groups -OCH3 is 1. The molecule has 4 nitrogen and oxygen atoms in total. The zero-order valence-electron chi connectivity index (χ0n) is 11.5. The van der Waals surface area contributed by atoms with Crippen molar-refractivity contribution in [3.05, 3.63) is 29.8 Å². The molecule has 1 saturated heterocycles. The predicted molar refractivity (Wildman–Crippen MR) is 74.2 cm³/mol. The van der Waals surface area contributed by atoms with Gasteiger partial charge in [0.1, 0.15) is 5.75 Å². The lowest BCUT2D eigenvalue weighted by atomic mass is 10.1. The monoisotopic (exact) mass is 326 g/mol. The fraction of sp³-hybridized carbons (Fsp3) is 0.500. The summed E-state index contributed by atoms with van der Waals surface area (Å²) in [7, 11) is 1.60. The number of likely N-dealkylation sites (tertiary alicyclic amines) is 1. The van der Waals surface area contributed by atoms with Gasteiger partial charge in [-0.3, -0.25) is 4.79 Å². The number of aliphatic hydroxyl groups is 1. The standard InChI is InChI=1S/C14H16BrNO3/c1-19-9-4-2-8(3-5-9)7-16-13-11(17)6-10(12(13)15)14(16)18/h2-5,10-13,17H,6-7H2,1H3/t10-,11-,12-,13+/m1/s1/i11D. The molecule has 1 aromatic rings. The third-order valence-electron chi connectivity index (χ3n) is 3.90. The molecule has 1 amide bonds. The lowest BCUT2D eigenvalue weighted by Gasteiger charge is -2.30. The van der Waals surface area contributed by atoms with Gasteiger partial charge >= 0.3 is 0 Å². The molecule has 0 radical (unpaired) electrons. The van der Waals surface area contributed by atoms with E-state index in [1.54, 1.807) is 12.0 Å². The minimum atomic E-state index is -1.56. The Morgan fingerprint density at radius 2 is 2.21 bits per heavy atom. The molecule has 1 N–H and O–H groups in total. The zero-order chi connectivity index (χ0) is 14.5. The third-order valence-corrected chi connectivity index (χ3v) is 5.04. The molecular weight excluding hydrogens is 310 g/mol. The van der Waals surface area contributed by atoms with Gasteiger partial charge in [0, 0.05) is 11.4 Å². The summed E-state index contributed by atoms with van der Waals surface area (Å²) in [5.41, 5.74) is 0.960. The van der Waals surface area contributed by atoms with Crippen LogP contribution in [0.5, 0.6) is 5.75 Å². The highest BCUT2D eigenvalue weighted by atomic mass is 79.9. The molecular formula is C14H16BrNO3. The molecule has 19 heavy (non-hydrogen) atoms. The summed E-state index contributed by atoms with van der Waals surface area (Å²) >= 11 is 3.46. The average Bonchev–Trinajstić information content (AvgIpc) is 2.78. The molecule has 102 valence electrons. The van der Waals surface area contributed by atoms with Gasteiger partial charge in [-0.1, -0.05) is 28.1 Å². The normalized spacial score (nSPS) is 37.6. The molecule has 2 bridgehead atoms. The van der Waals surface area contributed by atoms with Gasteiger partial charge in [0.15, 0.2) is 0 Å². The maximum atomic E-state index is 12.3. The highest BCUT2D eigenvalue weighted by Crippen LogP contribution is 2.44. The molecule has 0 spiro atoms. The summed E-state index contributed by atoms with van der Waals surface area (Å²) in [5, 5.41) is 10.1. The number of ether oxygens (including phenoxy) is 1. The average molecular weight is 327 g/mol. The first kappa shape index (κ1) is 11.7. The number of alkyl halides is 1. The molecule has 1 aliphatic heterocycles. The van der Waals surface area contributed by atoms with E-state index in [1.165, 1.54) is 0 Å². The fourth-order valence-corrected chi connectivity index (χ4v) is 3.90. The van der Waals surface area contributed by atoms with E-state index in [4.69, 9.17) is 6.11 Å². The molecule has 0 unspecified atom stereocenters. The van der Waals surface area contributed by atoms with E-state index in [0.29, 0.717) is 6.54 Å². The van der Waals surface area contributed by atoms with Gasteiger partial charge in [-0.05, 0) is 24.1 Å². The lowest BCUT2D eigenvalue weighted by Crippen LogP contribution is -2.44. The molecule has 0 aromatic heterocycles. The van der Waals surface area contributed by atoms with Gasteiger partial charge in [-0.2, -0.15) is 0 Å². The van der Waals surface area contributed by atoms with Crippen molar-refractivity contribution in [1.82, 2.24) is 4.90 Å². The van der Waals surface area contributed by atoms with Crippen LogP contribution in [-0.2, 0) is 11.3 Å². The number of carbonyl (C=O) groups is 1. The van der Waals surface area contributed by atoms with Crippen molar-refractivity contribution in [2.75, 3.05) is 7.11 Å². The van der Waals surface area contributed by atoms with Gasteiger partial charge in [0.25, 0.3) is 0 Å². The molecule has 3 rings (SSSR count). The quantitative estimate of drug-likeness (QED) is 0.857. The van der Waals surface area contributed by atoms with E-state index in [1.807, 2.05) is 24.3 Å². The molecule has 1 heterocycles. The Morgan fingerprint density at radius 3 is 2.79 bits per heavy atom. The highest BCUT2D eigenvalue weighted by Gasteiger charge is 2.56. The van der Waals surface area contributed by atoms with Crippen molar-refractivity contribution >= 4 is 21.8 Å². The molecule has 1 aliphatic carbocycles. The summed E-state index contributed by atoms with van der Waals surface area (Å²) in [6.07, 6.45) is -1.34. The second kappa shape index (κ2) is 4.80. The molecule has 1 aromatic carbocycles. The summed E-state index contributed by atoms with van der Waals surface area (Å²) < 4.78 is 13.1. The Bertz CT molecular complexity index is 534. The van der Waals surface area contributed by atoms with Crippen LogP contribution in [0.15, 0.2) is 24.3 Å². The summed E-state index contributed by atoms with van der Waals surface area (Å²) in [6, 6.07) is 6.98. The molecule has 4 atom stereocenters. The summed E-state index contributed by atoms with van der Waals surface area (Å²) in [4.78, 5) is 13.7. The van der Waals surface area contributed by atoms with Crippen LogP contribution in [0.3, 0.4) is 0 Å². The largest absolute Gasteiger partial charge is 0.497 e. The number of fused-ring (bicyclic) bond motifs is 2. The SMILES string of the molecule is [2H][C@@]1(O)C[C@H]2C(=O)N(Cc3ccc(OC)cc3)[C@@H]1[C@@H]2Br. The Kier molecular flexibility index (Phi) is 2.96. The van der Waals surface area contributed by atoms with Crippen molar-refractivity contribution < 1.29 is 16.0 Å². The number of carbonyl (C=O) groups excluding carboxylic acids is 1. The first-order valence-corrected chi connectivity index (χ1v) is 7.15. The molecule has 1 saturated carbocycles. The smallest absolute Gasteiger partial charge is 0.227 e. The van der Waals surface area contributed by atoms with Crippen LogP contribution < -0.4 is 4.74 Å². The zero-order valence-corrected chi connectivity index (χ0v) is 12.1. The van der Waals surface area contributed by atoms with E-state index >= 15 is 0 Å². The van der Waals surface area contributed by atoms with E-state index in [0.717, 1.165) is 11.3 Å². The Labute approximate surface area is 121 Å². The van der Waals surface area contributed by atoms with Crippen LogP contribution in [0.1, 0.15) is 13.4 Å². The van der Waals surface area contributed by atoms with Crippen molar-refractivity contribution in [3.8, 4) is 5.75 Å². The van der Waals surface area contributed by atoms with Gasteiger partial charge in [-0.15, -0.1) is 0 Å².